The molecule has 11 heteroatoms. The van der Waals surface area contributed by atoms with Crippen molar-refractivity contribution in [2.75, 3.05) is 12.4 Å². The molecule has 4 aromatic rings. The molecule has 0 spiro atoms. The summed E-state index contributed by atoms with van der Waals surface area (Å²) in [5.74, 6) is 0.119. The van der Waals surface area contributed by atoms with Crippen LogP contribution < -0.4 is 10.9 Å². The first kappa shape index (κ1) is 20.3. The van der Waals surface area contributed by atoms with Gasteiger partial charge in [-0.3, -0.25) is 15.2 Å². The zero-order valence-corrected chi connectivity index (χ0v) is 16.8. The number of anilines is 1. The summed E-state index contributed by atoms with van der Waals surface area (Å²) < 4.78 is 7.25. The number of nitrogens with zero attached hydrogens (tertiary/aromatic N) is 6. The van der Waals surface area contributed by atoms with Gasteiger partial charge in [-0.15, -0.1) is 10.2 Å². The second-order valence-electron chi connectivity index (χ2n) is 6.37. The van der Waals surface area contributed by atoms with Crippen LogP contribution in [0.5, 0.6) is 0 Å². The quantitative estimate of drug-likeness (QED) is 0.465. The maximum atomic E-state index is 13.0. The average Bonchev–Trinajstić information content (AvgIpc) is 3.39. The molecule has 0 atom stereocenters. The van der Waals surface area contributed by atoms with E-state index in [9.17, 15) is 14.9 Å². The SMILES string of the molecule is COC(=O)Nc1[nH]n(-c2ccccc2)c(=O)c1N=Nc1c(C#N)cnn1-c1ccccc1. The van der Waals surface area contributed by atoms with Gasteiger partial charge in [0.15, 0.2) is 17.3 Å². The van der Waals surface area contributed by atoms with Gasteiger partial charge in [0.25, 0.3) is 0 Å². The molecule has 2 aromatic carbocycles. The third-order valence-corrected chi connectivity index (χ3v) is 4.40. The summed E-state index contributed by atoms with van der Waals surface area (Å²) in [5, 5.41) is 27.0. The third-order valence-electron chi connectivity index (χ3n) is 4.40. The lowest BCUT2D eigenvalue weighted by atomic mass is 10.3. The normalized spacial score (nSPS) is 10.8. The summed E-state index contributed by atoms with van der Waals surface area (Å²) in [4.78, 5) is 24.8. The molecule has 0 saturated carbocycles. The zero-order chi connectivity index (χ0) is 22.5. The fraction of sp³-hybridized carbons (Fsp3) is 0.0476. The lowest BCUT2D eigenvalue weighted by Crippen LogP contribution is -2.13. The molecule has 0 radical (unpaired) electrons. The van der Waals surface area contributed by atoms with Gasteiger partial charge >= 0.3 is 11.7 Å². The number of azo groups is 1. The highest BCUT2D eigenvalue weighted by atomic mass is 16.5. The number of ether oxygens (including phenoxy) is 1. The van der Waals surface area contributed by atoms with Gasteiger partial charge in [-0.05, 0) is 24.3 Å². The first-order valence-electron chi connectivity index (χ1n) is 9.33. The Bertz CT molecular complexity index is 1380. The summed E-state index contributed by atoms with van der Waals surface area (Å²) in [6.07, 6.45) is 0.559. The molecular formula is C21H16N8O3. The fourth-order valence-electron chi connectivity index (χ4n) is 2.89. The molecule has 11 nitrogen and oxygen atoms in total. The molecule has 0 aliphatic carbocycles. The standard InChI is InChI=1S/C21H16N8O3/c1-32-21(31)24-18-17(20(30)29(27-18)16-10-6-3-7-11-16)25-26-19-14(12-22)13-23-28(19)15-8-4-2-5-9-15/h2-11,13,27H,1H3,(H,24,31). The van der Waals surface area contributed by atoms with E-state index in [0.717, 1.165) is 0 Å². The van der Waals surface area contributed by atoms with Crippen molar-refractivity contribution in [3.63, 3.8) is 0 Å². The number of para-hydroxylation sites is 2. The van der Waals surface area contributed by atoms with Gasteiger partial charge in [0.1, 0.15) is 11.6 Å². The van der Waals surface area contributed by atoms with Crippen molar-refractivity contribution in [3.8, 4) is 17.4 Å². The number of carbonyl (C=O) groups excluding carboxylic acids is 1. The Hall–Kier alpha value is -4.98. The van der Waals surface area contributed by atoms with E-state index >= 15 is 0 Å². The zero-order valence-electron chi connectivity index (χ0n) is 16.8. The van der Waals surface area contributed by atoms with Gasteiger partial charge in [0.2, 0.25) is 0 Å². The van der Waals surface area contributed by atoms with E-state index in [1.165, 1.54) is 22.7 Å². The molecule has 0 unspecified atom stereocenters. The van der Waals surface area contributed by atoms with E-state index in [1.807, 2.05) is 24.3 Å². The van der Waals surface area contributed by atoms with Crippen LogP contribution in [0.15, 0.2) is 81.9 Å². The number of aromatic nitrogens is 4. The van der Waals surface area contributed by atoms with E-state index in [4.69, 9.17) is 0 Å². The molecule has 0 saturated heterocycles. The van der Waals surface area contributed by atoms with Gasteiger partial charge in [-0.25, -0.2) is 14.2 Å². The van der Waals surface area contributed by atoms with E-state index in [2.05, 4.69) is 30.5 Å². The molecular weight excluding hydrogens is 412 g/mol. The van der Waals surface area contributed by atoms with Crippen molar-refractivity contribution >= 4 is 23.4 Å². The van der Waals surface area contributed by atoms with E-state index < -0.39 is 11.7 Å². The Morgan fingerprint density at radius 3 is 2.38 bits per heavy atom. The van der Waals surface area contributed by atoms with Crippen molar-refractivity contribution < 1.29 is 9.53 Å². The first-order chi connectivity index (χ1) is 15.6. The van der Waals surface area contributed by atoms with Crippen LogP contribution in [0.2, 0.25) is 0 Å². The minimum absolute atomic E-state index is 0.0151. The second-order valence-corrected chi connectivity index (χ2v) is 6.37. The molecule has 4 rings (SSSR count). The number of H-pyrrole nitrogens is 1. The monoisotopic (exact) mass is 428 g/mol. The molecule has 0 fully saturated rings. The van der Waals surface area contributed by atoms with Gasteiger partial charge < -0.3 is 4.74 Å². The highest BCUT2D eigenvalue weighted by Crippen LogP contribution is 2.27. The summed E-state index contributed by atoms with van der Waals surface area (Å²) in [7, 11) is 1.19. The smallest absolute Gasteiger partial charge is 0.412 e. The fourth-order valence-corrected chi connectivity index (χ4v) is 2.89. The molecule has 2 N–H and O–H groups in total. The van der Waals surface area contributed by atoms with Crippen LogP contribution in [-0.2, 0) is 4.74 Å². The van der Waals surface area contributed by atoms with Crippen molar-refractivity contribution in [2.45, 2.75) is 0 Å². The maximum absolute atomic E-state index is 13.0. The highest BCUT2D eigenvalue weighted by molar-refractivity contribution is 5.86. The minimum atomic E-state index is -0.796. The largest absolute Gasteiger partial charge is 0.453 e. The Morgan fingerprint density at radius 2 is 1.75 bits per heavy atom. The topological polar surface area (TPSA) is 142 Å². The highest BCUT2D eigenvalue weighted by Gasteiger charge is 2.19. The lowest BCUT2D eigenvalue weighted by Gasteiger charge is -2.03. The Labute approximate surface area is 181 Å². The summed E-state index contributed by atoms with van der Waals surface area (Å²) in [6.45, 7) is 0. The van der Waals surface area contributed by atoms with Crippen LogP contribution in [0.25, 0.3) is 11.4 Å². The molecule has 1 amide bonds. The summed E-state index contributed by atoms with van der Waals surface area (Å²) in [5.41, 5.74) is 0.615. The van der Waals surface area contributed by atoms with Crippen molar-refractivity contribution in [2.24, 2.45) is 10.2 Å². The van der Waals surface area contributed by atoms with E-state index in [-0.39, 0.29) is 22.9 Å². The van der Waals surface area contributed by atoms with Crippen LogP contribution in [0.4, 0.5) is 22.1 Å². The Morgan fingerprint density at radius 1 is 1.09 bits per heavy atom. The number of benzene rings is 2. The van der Waals surface area contributed by atoms with Gasteiger partial charge in [0.05, 0.1) is 24.7 Å². The van der Waals surface area contributed by atoms with Crippen molar-refractivity contribution in [1.29, 1.82) is 5.26 Å². The number of carbonyl (C=O) groups is 1. The predicted octanol–water partition coefficient (Wildman–Crippen LogP) is 3.82. The van der Waals surface area contributed by atoms with Crippen molar-refractivity contribution in [3.05, 3.63) is 82.8 Å². The molecule has 0 bridgehead atoms. The molecule has 2 aromatic heterocycles. The van der Waals surface area contributed by atoms with Crippen LogP contribution in [0.3, 0.4) is 0 Å². The predicted molar refractivity (Wildman–Crippen MR) is 115 cm³/mol. The van der Waals surface area contributed by atoms with Crippen LogP contribution in [-0.4, -0.2) is 32.8 Å². The van der Waals surface area contributed by atoms with Crippen LogP contribution in [0.1, 0.15) is 5.56 Å². The number of nitriles is 1. The van der Waals surface area contributed by atoms with Crippen LogP contribution in [0, 0.1) is 11.3 Å². The molecule has 2 heterocycles. The van der Waals surface area contributed by atoms with E-state index in [0.29, 0.717) is 11.4 Å². The Kier molecular flexibility index (Phi) is 5.58. The lowest BCUT2D eigenvalue weighted by molar-refractivity contribution is 0.187. The van der Waals surface area contributed by atoms with Crippen LogP contribution >= 0.6 is 0 Å². The number of methoxy groups -OCH3 is 1. The molecule has 0 aliphatic heterocycles. The number of rotatable bonds is 5. The molecule has 32 heavy (non-hydrogen) atoms. The number of amides is 1. The number of hydrogen-bond donors (Lipinski definition) is 2. The summed E-state index contributed by atoms with van der Waals surface area (Å²) in [6, 6.07) is 19.8. The van der Waals surface area contributed by atoms with Crippen molar-refractivity contribution in [1.82, 2.24) is 19.6 Å². The number of hydrogen-bond acceptors (Lipinski definition) is 7. The Balaban J connectivity index is 1.82. The van der Waals surface area contributed by atoms with E-state index in [1.54, 1.807) is 42.5 Å². The van der Waals surface area contributed by atoms with Gasteiger partial charge in [0, 0.05) is 0 Å². The minimum Gasteiger partial charge on any atom is -0.453 e. The molecule has 0 aliphatic rings. The van der Waals surface area contributed by atoms with Gasteiger partial charge in [-0.2, -0.15) is 10.4 Å². The number of nitrogens with one attached hydrogen (secondary N) is 2. The average molecular weight is 428 g/mol. The third kappa shape index (κ3) is 3.88. The van der Waals surface area contributed by atoms with Gasteiger partial charge in [-0.1, -0.05) is 36.4 Å². The first-order valence-corrected chi connectivity index (χ1v) is 9.33. The summed E-state index contributed by atoms with van der Waals surface area (Å²) >= 11 is 0. The number of aromatic amines is 1. The second kappa shape index (κ2) is 8.80. The molecule has 158 valence electrons. The maximum Gasteiger partial charge on any atom is 0.412 e.